The van der Waals surface area contributed by atoms with Crippen LogP contribution in [0.15, 0.2) is 64.5 Å². The Morgan fingerprint density at radius 2 is 1.72 bits per heavy atom. The van der Waals surface area contributed by atoms with Gasteiger partial charge >= 0.3 is 0 Å². The summed E-state index contributed by atoms with van der Waals surface area (Å²) in [6.07, 6.45) is 0.986. The van der Waals surface area contributed by atoms with Crippen LogP contribution in [0.5, 0.6) is 0 Å². The van der Waals surface area contributed by atoms with Crippen LogP contribution in [-0.4, -0.2) is 48.1 Å². The molecule has 8 heteroatoms. The summed E-state index contributed by atoms with van der Waals surface area (Å²) in [5.41, 5.74) is 2.21. The molecule has 0 aliphatic carbocycles. The van der Waals surface area contributed by atoms with E-state index in [0.717, 1.165) is 37.6 Å². The van der Waals surface area contributed by atoms with Gasteiger partial charge in [-0.15, -0.1) is 0 Å². The first-order chi connectivity index (χ1) is 14.0. The topological polar surface area (TPSA) is 85.8 Å². The molecule has 158 valence electrons. The number of rotatable bonds is 10. The van der Waals surface area contributed by atoms with Gasteiger partial charge in [-0.2, -0.15) is 0 Å². The van der Waals surface area contributed by atoms with Gasteiger partial charge in [0.05, 0.1) is 4.90 Å². The average molecular weight is 418 g/mol. The Morgan fingerprint density at radius 1 is 1.03 bits per heavy atom. The van der Waals surface area contributed by atoms with E-state index in [1.807, 2.05) is 6.07 Å². The highest BCUT2D eigenvalue weighted by molar-refractivity contribution is 7.89. The Labute approximate surface area is 174 Å². The molecule has 0 aliphatic heterocycles. The van der Waals surface area contributed by atoms with Gasteiger partial charge in [0.1, 0.15) is 0 Å². The number of sulfonamides is 1. The molecule has 0 radical (unpaired) electrons. The third kappa shape index (κ3) is 7.07. The van der Waals surface area contributed by atoms with Crippen LogP contribution < -0.4 is 20.3 Å². The summed E-state index contributed by atoms with van der Waals surface area (Å²) in [5, 5.41) is 6.57. The lowest BCUT2D eigenvalue weighted by molar-refractivity contribution is 0.588. The first-order valence-corrected chi connectivity index (χ1v) is 11.3. The van der Waals surface area contributed by atoms with Crippen molar-refractivity contribution >= 4 is 21.7 Å². The Kier molecular flexibility index (Phi) is 8.95. The molecule has 7 nitrogen and oxygen atoms in total. The summed E-state index contributed by atoms with van der Waals surface area (Å²) in [4.78, 5) is 6.84. The molecule has 0 heterocycles. The fourth-order valence-electron chi connectivity index (χ4n) is 2.90. The smallest absolute Gasteiger partial charge is 0.240 e. The van der Waals surface area contributed by atoms with Crippen molar-refractivity contribution in [2.75, 3.05) is 38.6 Å². The van der Waals surface area contributed by atoms with Gasteiger partial charge in [0.15, 0.2) is 5.96 Å². The zero-order chi connectivity index (χ0) is 21.1. The zero-order valence-corrected chi connectivity index (χ0v) is 18.2. The molecule has 2 aromatic rings. The molecule has 0 saturated carbocycles. The van der Waals surface area contributed by atoms with Crippen molar-refractivity contribution in [3.05, 3.63) is 60.2 Å². The monoisotopic (exact) mass is 417 g/mol. The summed E-state index contributed by atoms with van der Waals surface area (Å²) in [6, 6.07) is 17.2. The molecule has 0 aromatic heterocycles. The van der Waals surface area contributed by atoms with Gasteiger partial charge in [0, 0.05) is 38.9 Å². The molecule has 0 spiro atoms. The Morgan fingerprint density at radius 3 is 2.31 bits per heavy atom. The maximum absolute atomic E-state index is 11.8. The SMILES string of the molecule is CCN(CCCNC(=NC)NCc1ccc(S(=O)(=O)NC)cc1)c1ccccc1. The number of anilines is 1. The van der Waals surface area contributed by atoms with E-state index in [0.29, 0.717) is 6.54 Å². The molecule has 3 N–H and O–H groups in total. The highest BCUT2D eigenvalue weighted by Gasteiger charge is 2.10. The molecule has 29 heavy (non-hydrogen) atoms. The number of benzene rings is 2. The largest absolute Gasteiger partial charge is 0.372 e. The van der Waals surface area contributed by atoms with E-state index >= 15 is 0 Å². The predicted molar refractivity (Wildman–Crippen MR) is 120 cm³/mol. The van der Waals surface area contributed by atoms with Crippen molar-refractivity contribution in [2.45, 2.75) is 24.8 Å². The van der Waals surface area contributed by atoms with Crippen LogP contribution in [0, 0.1) is 0 Å². The molecule has 0 aliphatic rings. The Bertz CT molecular complexity index is 868. The lowest BCUT2D eigenvalue weighted by Crippen LogP contribution is -2.38. The van der Waals surface area contributed by atoms with E-state index in [1.54, 1.807) is 31.3 Å². The first-order valence-electron chi connectivity index (χ1n) is 9.77. The van der Waals surface area contributed by atoms with Crippen LogP contribution in [0.2, 0.25) is 0 Å². The molecule has 0 bridgehead atoms. The molecule has 0 atom stereocenters. The number of nitrogens with zero attached hydrogens (tertiary/aromatic N) is 2. The predicted octanol–water partition coefficient (Wildman–Crippen LogP) is 2.18. The van der Waals surface area contributed by atoms with Crippen molar-refractivity contribution in [2.24, 2.45) is 4.99 Å². The van der Waals surface area contributed by atoms with Crippen LogP contribution >= 0.6 is 0 Å². The number of para-hydroxylation sites is 1. The van der Waals surface area contributed by atoms with E-state index < -0.39 is 10.0 Å². The summed E-state index contributed by atoms with van der Waals surface area (Å²) >= 11 is 0. The molecule has 0 fully saturated rings. The highest BCUT2D eigenvalue weighted by Crippen LogP contribution is 2.13. The summed E-state index contributed by atoms with van der Waals surface area (Å²) in [6.45, 7) is 5.46. The summed E-state index contributed by atoms with van der Waals surface area (Å²) in [5.74, 6) is 0.722. The van der Waals surface area contributed by atoms with E-state index in [-0.39, 0.29) is 4.90 Å². The number of nitrogens with one attached hydrogen (secondary N) is 3. The summed E-state index contributed by atoms with van der Waals surface area (Å²) in [7, 11) is -0.267. The van der Waals surface area contributed by atoms with Gasteiger partial charge in [-0.05, 0) is 50.2 Å². The lowest BCUT2D eigenvalue weighted by atomic mass is 10.2. The standard InChI is InChI=1S/C21H31N5O2S/c1-4-26(19-9-6-5-7-10-19)16-8-15-24-21(22-2)25-17-18-11-13-20(14-12-18)29(27,28)23-3/h5-7,9-14,23H,4,8,15-17H2,1-3H3,(H2,22,24,25). The van der Waals surface area contributed by atoms with Gasteiger partial charge in [0.25, 0.3) is 0 Å². The second-order valence-corrected chi connectivity index (χ2v) is 8.36. The van der Waals surface area contributed by atoms with Gasteiger partial charge in [-0.3, -0.25) is 4.99 Å². The third-order valence-corrected chi connectivity index (χ3v) is 6.02. The minimum absolute atomic E-state index is 0.255. The number of hydrogen-bond donors (Lipinski definition) is 3. The third-order valence-electron chi connectivity index (χ3n) is 4.59. The second-order valence-electron chi connectivity index (χ2n) is 6.47. The highest BCUT2D eigenvalue weighted by atomic mass is 32.2. The van der Waals surface area contributed by atoms with E-state index in [4.69, 9.17) is 0 Å². The number of guanidine groups is 1. The Hall–Kier alpha value is -2.58. The molecule has 0 amide bonds. The number of aliphatic imine (C=N–C) groups is 1. The van der Waals surface area contributed by atoms with Crippen molar-refractivity contribution in [1.82, 2.24) is 15.4 Å². The zero-order valence-electron chi connectivity index (χ0n) is 17.4. The van der Waals surface area contributed by atoms with Crippen LogP contribution in [0.1, 0.15) is 18.9 Å². The minimum atomic E-state index is -3.41. The Balaban J connectivity index is 1.76. The van der Waals surface area contributed by atoms with Crippen LogP contribution in [0.25, 0.3) is 0 Å². The van der Waals surface area contributed by atoms with E-state index in [9.17, 15) is 8.42 Å². The lowest BCUT2D eigenvalue weighted by Gasteiger charge is -2.23. The molecule has 0 saturated heterocycles. The van der Waals surface area contributed by atoms with E-state index in [1.165, 1.54) is 12.7 Å². The van der Waals surface area contributed by atoms with Crippen molar-refractivity contribution in [3.8, 4) is 0 Å². The fourth-order valence-corrected chi connectivity index (χ4v) is 3.63. The molecular weight excluding hydrogens is 386 g/mol. The van der Waals surface area contributed by atoms with Gasteiger partial charge < -0.3 is 15.5 Å². The minimum Gasteiger partial charge on any atom is -0.372 e. The molecule has 2 rings (SSSR count). The van der Waals surface area contributed by atoms with Crippen molar-refractivity contribution in [3.63, 3.8) is 0 Å². The maximum atomic E-state index is 11.8. The van der Waals surface area contributed by atoms with Crippen molar-refractivity contribution < 1.29 is 8.42 Å². The second kappa shape index (κ2) is 11.4. The maximum Gasteiger partial charge on any atom is 0.240 e. The van der Waals surface area contributed by atoms with E-state index in [2.05, 4.69) is 56.4 Å². The molecular formula is C21H31N5O2S. The van der Waals surface area contributed by atoms with Gasteiger partial charge in [-0.25, -0.2) is 13.1 Å². The first kappa shape index (κ1) is 22.7. The molecule has 0 unspecified atom stereocenters. The normalized spacial score (nSPS) is 11.9. The number of hydrogen-bond acceptors (Lipinski definition) is 4. The quantitative estimate of drug-likeness (QED) is 0.313. The fraction of sp³-hybridized carbons (Fsp3) is 0.381. The van der Waals surface area contributed by atoms with Gasteiger partial charge in [-0.1, -0.05) is 30.3 Å². The van der Waals surface area contributed by atoms with Crippen LogP contribution in [0.3, 0.4) is 0 Å². The van der Waals surface area contributed by atoms with Crippen LogP contribution in [-0.2, 0) is 16.6 Å². The van der Waals surface area contributed by atoms with Crippen LogP contribution in [0.4, 0.5) is 5.69 Å². The van der Waals surface area contributed by atoms with Gasteiger partial charge in [0.2, 0.25) is 10.0 Å². The average Bonchev–Trinajstić information content (AvgIpc) is 2.76. The summed E-state index contributed by atoms with van der Waals surface area (Å²) < 4.78 is 25.9. The van der Waals surface area contributed by atoms with Crippen molar-refractivity contribution in [1.29, 1.82) is 0 Å². The molecule has 2 aromatic carbocycles.